The third-order valence-corrected chi connectivity index (χ3v) is 6.84. The highest BCUT2D eigenvalue weighted by molar-refractivity contribution is 7.89. The quantitative estimate of drug-likeness (QED) is 0.631. The van der Waals surface area contributed by atoms with E-state index in [1.54, 1.807) is 36.4 Å². The van der Waals surface area contributed by atoms with Gasteiger partial charge in [0.25, 0.3) is 0 Å². The van der Waals surface area contributed by atoms with Crippen LogP contribution in [0, 0.1) is 0 Å². The van der Waals surface area contributed by atoms with Gasteiger partial charge in [0.15, 0.2) is 0 Å². The Labute approximate surface area is 173 Å². The lowest BCUT2D eigenvalue weighted by molar-refractivity contribution is -0.119. The number of amides is 1. The van der Waals surface area contributed by atoms with E-state index >= 15 is 0 Å². The van der Waals surface area contributed by atoms with Crippen LogP contribution in [0.5, 0.6) is 5.75 Å². The average Bonchev–Trinajstić information content (AvgIpc) is 3.47. The van der Waals surface area contributed by atoms with Crippen LogP contribution in [-0.4, -0.2) is 58.5 Å². The van der Waals surface area contributed by atoms with Gasteiger partial charge in [-0.25, -0.2) is 13.1 Å². The predicted molar refractivity (Wildman–Crippen MR) is 108 cm³/mol. The Morgan fingerprint density at radius 1 is 1.13 bits per heavy atom. The van der Waals surface area contributed by atoms with E-state index in [0.717, 1.165) is 5.69 Å². The number of benzene rings is 2. The fraction of sp³-hybridized carbons (Fsp3) is 0.263. The van der Waals surface area contributed by atoms with Crippen molar-refractivity contribution in [3.63, 3.8) is 0 Å². The number of hydrogen-bond donors (Lipinski definition) is 1. The minimum atomic E-state index is -3.80. The number of hydrogen-bond acceptors (Lipinski definition) is 7. The second-order valence-corrected chi connectivity index (χ2v) is 8.63. The molecule has 2 aromatic carbocycles. The zero-order valence-electron chi connectivity index (χ0n) is 16.2. The Morgan fingerprint density at radius 3 is 2.50 bits per heavy atom. The van der Waals surface area contributed by atoms with Crippen LogP contribution in [-0.2, 0) is 14.8 Å². The van der Waals surface area contributed by atoms with Crippen molar-refractivity contribution in [3.8, 4) is 11.4 Å². The van der Waals surface area contributed by atoms with Crippen molar-refractivity contribution in [1.29, 1.82) is 0 Å². The summed E-state index contributed by atoms with van der Waals surface area (Å²) in [5.41, 5.74) is 1.30. The summed E-state index contributed by atoms with van der Waals surface area (Å²) >= 11 is 0. The van der Waals surface area contributed by atoms with Crippen molar-refractivity contribution in [2.75, 3.05) is 19.0 Å². The molecule has 156 valence electrons. The van der Waals surface area contributed by atoms with E-state index in [0.29, 0.717) is 30.8 Å². The maximum Gasteiger partial charge on any atom is 0.243 e. The molecule has 3 aromatic rings. The molecule has 1 aromatic heterocycles. The molecule has 11 heteroatoms. The van der Waals surface area contributed by atoms with E-state index in [4.69, 9.17) is 4.74 Å². The molecule has 1 fully saturated rings. The highest BCUT2D eigenvalue weighted by atomic mass is 32.2. The van der Waals surface area contributed by atoms with Crippen molar-refractivity contribution in [2.45, 2.75) is 23.8 Å². The van der Waals surface area contributed by atoms with Gasteiger partial charge in [0.1, 0.15) is 18.1 Å². The van der Waals surface area contributed by atoms with Gasteiger partial charge < -0.3 is 10.1 Å². The molecular formula is C19H20N6O4S. The number of ether oxygens (including phenoxy) is 1. The summed E-state index contributed by atoms with van der Waals surface area (Å²) in [6.07, 6.45) is 2.55. The number of sulfonamides is 1. The lowest BCUT2D eigenvalue weighted by atomic mass is 10.2. The minimum absolute atomic E-state index is 0.133. The maximum atomic E-state index is 13.1. The van der Waals surface area contributed by atoms with Crippen LogP contribution in [0.4, 0.5) is 5.69 Å². The van der Waals surface area contributed by atoms with Crippen LogP contribution in [0.1, 0.15) is 12.8 Å². The molecule has 1 N–H and O–H groups in total. The molecule has 0 aliphatic carbocycles. The summed E-state index contributed by atoms with van der Waals surface area (Å²) in [5, 5.41) is 13.8. The lowest BCUT2D eigenvalue weighted by Gasteiger charge is -2.23. The molecule has 2 heterocycles. The molecule has 30 heavy (non-hydrogen) atoms. The van der Waals surface area contributed by atoms with Crippen molar-refractivity contribution in [2.24, 2.45) is 0 Å². The summed E-state index contributed by atoms with van der Waals surface area (Å²) < 4.78 is 34.0. The second-order valence-electron chi connectivity index (χ2n) is 6.74. The minimum Gasteiger partial charge on any atom is -0.497 e. The molecule has 0 saturated carbocycles. The highest BCUT2D eigenvalue weighted by Gasteiger charge is 2.39. The fourth-order valence-corrected chi connectivity index (χ4v) is 5.03. The van der Waals surface area contributed by atoms with Crippen LogP contribution in [0.25, 0.3) is 5.69 Å². The van der Waals surface area contributed by atoms with Gasteiger partial charge in [-0.3, -0.25) is 4.79 Å². The number of tetrazole rings is 1. The SMILES string of the molecule is COc1ccc(S(=O)(=O)N2CCC[C@@H]2C(=O)Nc2ccc(-n3cnnn3)cc2)cc1. The van der Waals surface area contributed by atoms with Gasteiger partial charge in [0, 0.05) is 12.2 Å². The molecule has 0 radical (unpaired) electrons. The normalized spacial score (nSPS) is 17.0. The van der Waals surface area contributed by atoms with Crippen LogP contribution in [0.3, 0.4) is 0 Å². The third-order valence-electron chi connectivity index (χ3n) is 4.92. The smallest absolute Gasteiger partial charge is 0.243 e. The lowest BCUT2D eigenvalue weighted by Crippen LogP contribution is -2.43. The largest absolute Gasteiger partial charge is 0.497 e. The van der Waals surface area contributed by atoms with Crippen LogP contribution >= 0.6 is 0 Å². The Bertz CT molecular complexity index is 1110. The van der Waals surface area contributed by atoms with Gasteiger partial charge in [0.05, 0.1) is 17.7 Å². The Hall–Kier alpha value is -3.31. The molecule has 0 spiro atoms. The number of nitrogens with one attached hydrogen (secondary N) is 1. The molecule has 1 amide bonds. The van der Waals surface area contributed by atoms with Gasteiger partial charge in [-0.15, -0.1) is 5.10 Å². The van der Waals surface area contributed by atoms with E-state index in [1.807, 2.05) is 0 Å². The van der Waals surface area contributed by atoms with Gasteiger partial charge in [-0.1, -0.05) is 0 Å². The highest BCUT2D eigenvalue weighted by Crippen LogP contribution is 2.28. The van der Waals surface area contributed by atoms with Crippen molar-refractivity contribution in [3.05, 3.63) is 54.9 Å². The molecule has 1 aliphatic heterocycles. The molecule has 1 saturated heterocycles. The van der Waals surface area contributed by atoms with Crippen molar-refractivity contribution >= 4 is 21.6 Å². The zero-order valence-corrected chi connectivity index (χ0v) is 17.0. The Kier molecular flexibility index (Phi) is 5.46. The number of anilines is 1. The fourth-order valence-electron chi connectivity index (χ4n) is 3.38. The van der Waals surface area contributed by atoms with Gasteiger partial charge in [-0.2, -0.15) is 4.31 Å². The summed E-state index contributed by atoms with van der Waals surface area (Å²) in [4.78, 5) is 13.0. The molecule has 0 bridgehead atoms. The number of carbonyl (C=O) groups is 1. The standard InChI is InChI=1S/C19H20N6O4S/c1-29-16-8-10-17(11-9-16)30(27,28)25-12-2-3-18(25)19(26)21-14-4-6-15(7-5-14)24-13-20-22-23-24/h4-11,13,18H,2-3,12H2,1H3,(H,21,26)/t18-/m1/s1. The number of rotatable bonds is 6. The second kappa shape index (κ2) is 8.20. The number of nitrogens with zero attached hydrogens (tertiary/aromatic N) is 5. The Balaban J connectivity index is 1.49. The first kappa shape index (κ1) is 20.0. The summed E-state index contributed by atoms with van der Waals surface area (Å²) in [6.45, 7) is 0.296. The van der Waals surface area contributed by atoms with E-state index in [-0.39, 0.29) is 10.8 Å². The van der Waals surface area contributed by atoms with E-state index in [9.17, 15) is 13.2 Å². The molecular weight excluding hydrogens is 408 g/mol. The number of aromatic nitrogens is 4. The summed E-state index contributed by atoms with van der Waals surface area (Å²) in [5.74, 6) is 0.203. The van der Waals surface area contributed by atoms with Crippen LogP contribution < -0.4 is 10.1 Å². The first-order valence-corrected chi connectivity index (χ1v) is 10.7. The van der Waals surface area contributed by atoms with Crippen molar-refractivity contribution < 1.29 is 17.9 Å². The topological polar surface area (TPSA) is 119 Å². The van der Waals surface area contributed by atoms with Gasteiger partial charge in [-0.05, 0) is 71.8 Å². The Morgan fingerprint density at radius 2 is 1.87 bits per heavy atom. The summed E-state index contributed by atoms with van der Waals surface area (Å²) in [7, 11) is -2.28. The first-order chi connectivity index (χ1) is 14.5. The molecule has 1 aliphatic rings. The average molecular weight is 428 g/mol. The van der Waals surface area contributed by atoms with Gasteiger partial charge >= 0.3 is 0 Å². The van der Waals surface area contributed by atoms with E-state index in [2.05, 4.69) is 20.8 Å². The maximum absolute atomic E-state index is 13.1. The zero-order chi connectivity index (χ0) is 21.1. The van der Waals surface area contributed by atoms with E-state index < -0.39 is 16.1 Å². The summed E-state index contributed by atoms with van der Waals surface area (Å²) in [6, 6.07) is 12.3. The predicted octanol–water partition coefficient (Wildman–Crippen LogP) is 1.46. The van der Waals surface area contributed by atoms with Gasteiger partial charge in [0.2, 0.25) is 15.9 Å². The van der Waals surface area contributed by atoms with Crippen LogP contribution in [0.2, 0.25) is 0 Å². The first-order valence-electron chi connectivity index (χ1n) is 9.29. The van der Waals surface area contributed by atoms with E-state index in [1.165, 1.54) is 34.6 Å². The van der Waals surface area contributed by atoms with Crippen LogP contribution in [0.15, 0.2) is 59.8 Å². The third kappa shape index (κ3) is 3.89. The molecule has 10 nitrogen and oxygen atoms in total. The monoisotopic (exact) mass is 428 g/mol. The molecule has 0 unspecified atom stereocenters. The molecule has 1 atom stereocenters. The van der Waals surface area contributed by atoms with Crippen molar-refractivity contribution in [1.82, 2.24) is 24.5 Å². The number of carbonyl (C=O) groups excluding carboxylic acids is 1. The molecule has 4 rings (SSSR count). The number of methoxy groups -OCH3 is 1.